The number of rotatable bonds is 6. The molecule has 1 amide bonds. The minimum atomic E-state index is -0.689. The zero-order valence-electron chi connectivity index (χ0n) is 15.5. The molecule has 27 heavy (non-hydrogen) atoms. The van der Waals surface area contributed by atoms with Crippen LogP contribution in [0.25, 0.3) is 0 Å². The van der Waals surface area contributed by atoms with Crippen LogP contribution in [-0.2, 0) is 4.79 Å². The van der Waals surface area contributed by atoms with Crippen LogP contribution >= 0.6 is 11.3 Å². The number of hydrogen-bond acceptors (Lipinski definition) is 4. The van der Waals surface area contributed by atoms with Crippen LogP contribution in [0.15, 0.2) is 41.8 Å². The predicted octanol–water partition coefficient (Wildman–Crippen LogP) is 4.25. The number of likely N-dealkylation sites (N-methyl/N-ethyl adjacent to an activating group) is 1. The maximum Gasteiger partial charge on any atom is 0.237 e. The fourth-order valence-electron chi connectivity index (χ4n) is 3.70. The molecule has 1 aliphatic carbocycles. The first kappa shape index (κ1) is 19.5. The molecule has 3 rings (SSSR count). The maximum absolute atomic E-state index is 13.3. The molecular formula is C21H24FN3OS. The van der Waals surface area contributed by atoms with Crippen molar-refractivity contribution >= 4 is 17.2 Å². The van der Waals surface area contributed by atoms with E-state index in [9.17, 15) is 14.4 Å². The van der Waals surface area contributed by atoms with Gasteiger partial charge >= 0.3 is 0 Å². The van der Waals surface area contributed by atoms with Crippen LogP contribution in [-0.4, -0.2) is 29.9 Å². The lowest BCUT2D eigenvalue weighted by atomic mass is 9.81. The van der Waals surface area contributed by atoms with Gasteiger partial charge in [-0.3, -0.25) is 10.1 Å². The zero-order valence-corrected chi connectivity index (χ0v) is 16.3. The highest BCUT2D eigenvalue weighted by Gasteiger charge is 2.38. The van der Waals surface area contributed by atoms with Crippen molar-refractivity contribution in [1.82, 2.24) is 10.2 Å². The minimum absolute atomic E-state index is 0.0953. The van der Waals surface area contributed by atoms with E-state index >= 15 is 0 Å². The summed E-state index contributed by atoms with van der Waals surface area (Å²) >= 11 is 1.59. The summed E-state index contributed by atoms with van der Waals surface area (Å²) in [6.45, 7) is 0.125. The van der Waals surface area contributed by atoms with Crippen molar-refractivity contribution in [3.05, 3.63) is 58.0 Å². The average Bonchev–Trinajstić information content (AvgIpc) is 3.23. The Morgan fingerprint density at radius 3 is 2.59 bits per heavy atom. The highest BCUT2D eigenvalue weighted by molar-refractivity contribution is 7.10. The Balaban J connectivity index is 1.72. The number of thiophene rings is 1. The van der Waals surface area contributed by atoms with Gasteiger partial charge in [0.15, 0.2) is 0 Å². The van der Waals surface area contributed by atoms with Crippen LogP contribution in [0.5, 0.6) is 0 Å². The second-order valence-electron chi connectivity index (χ2n) is 7.04. The molecule has 0 radical (unpaired) electrons. The van der Waals surface area contributed by atoms with Crippen LogP contribution < -0.4 is 5.32 Å². The molecule has 1 aromatic heterocycles. The first-order valence-corrected chi connectivity index (χ1v) is 10.1. The van der Waals surface area contributed by atoms with Crippen molar-refractivity contribution in [3.8, 4) is 6.07 Å². The quantitative estimate of drug-likeness (QED) is 0.809. The molecule has 1 atom stereocenters. The van der Waals surface area contributed by atoms with Crippen molar-refractivity contribution in [1.29, 1.82) is 5.26 Å². The zero-order chi connectivity index (χ0) is 19.3. The monoisotopic (exact) mass is 385 g/mol. The number of nitriles is 1. The average molecular weight is 386 g/mol. The molecule has 0 saturated heterocycles. The van der Waals surface area contributed by atoms with Gasteiger partial charge in [-0.1, -0.05) is 37.5 Å². The summed E-state index contributed by atoms with van der Waals surface area (Å²) in [6, 6.07) is 12.5. The summed E-state index contributed by atoms with van der Waals surface area (Å²) < 4.78 is 13.3. The molecule has 1 heterocycles. The number of carbonyl (C=O) groups excluding carboxylic acids is 1. The van der Waals surface area contributed by atoms with Gasteiger partial charge in [0, 0.05) is 11.9 Å². The van der Waals surface area contributed by atoms with Gasteiger partial charge in [-0.15, -0.1) is 11.3 Å². The number of halogens is 1. The lowest BCUT2D eigenvalue weighted by Crippen LogP contribution is -2.52. The van der Waals surface area contributed by atoms with Crippen LogP contribution in [0.2, 0.25) is 0 Å². The van der Waals surface area contributed by atoms with Gasteiger partial charge in [0.2, 0.25) is 5.91 Å². The number of amides is 1. The molecular weight excluding hydrogens is 361 g/mol. The van der Waals surface area contributed by atoms with Gasteiger partial charge in [-0.2, -0.15) is 5.26 Å². The third kappa shape index (κ3) is 4.37. The standard InChI is InChI=1S/C21H24FN3OS/c1-25(21(15-23)11-3-2-4-12-21)19(26)14-24-20(18-6-5-13-27-18)16-7-9-17(22)10-8-16/h5-10,13,20,24H,2-4,11-12,14H2,1H3. The number of nitrogens with one attached hydrogen (secondary N) is 1. The maximum atomic E-state index is 13.3. The number of hydrogen-bond donors (Lipinski definition) is 1. The Hall–Kier alpha value is -2.23. The Bertz CT molecular complexity index is 792. The van der Waals surface area contributed by atoms with Crippen LogP contribution in [0, 0.1) is 17.1 Å². The number of nitrogens with zero attached hydrogens (tertiary/aromatic N) is 2. The van der Waals surface area contributed by atoms with Crippen molar-refractivity contribution in [3.63, 3.8) is 0 Å². The topological polar surface area (TPSA) is 56.1 Å². The summed E-state index contributed by atoms with van der Waals surface area (Å²) in [7, 11) is 1.73. The third-order valence-electron chi connectivity index (χ3n) is 5.39. The van der Waals surface area contributed by atoms with Crippen LogP contribution in [0.4, 0.5) is 4.39 Å². The molecule has 0 bridgehead atoms. The molecule has 0 spiro atoms. The molecule has 1 N–H and O–H groups in total. The highest BCUT2D eigenvalue weighted by Crippen LogP contribution is 2.32. The minimum Gasteiger partial charge on any atom is -0.326 e. The van der Waals surface area contributed by atoms with Crippen molar-refractivity contribution in [2.75, 3.05) is 13.6 Å². The Kier molecular flexibility index (Phi) is 6.25. The van der Waals surface area contributed by atoms with Crippen molar-refractivity contribution < 1.29 is 9.18 Å². The number of carbonyl (C=O) groups is 1. The summed E-state index contributed by atoms with van der Waals surface area (Å²) in [6.07, 6.45) is 4.54. The smallest absolute Gasteiger partial charge is 0.237 e. The molecule has 142 valence electrons. The second kappa shape index (κ2) is 8.64. The molecule has 1 saturated carbocycles. The van der Waals surface area contributed by atoms with E-state index in [1.165, 1.54) is 12.1 Å². The third-order valence-corrected chi connectivity index (χ3v) is 6.33. The van der Waals surface area contributed by atoms with Gasteiger partial charge in [-0.05, 0) is 42.0 Å². The summed E-state index contributed by atoms with van der Waals surface area (Å²) in [5, 5.41) is 15.0. The normalized spacial score (nSPS) is 17.1. The van der Waals surface area contributed by atoms with E-state index in [0.29, 0.717) is 0 Å². The lowest BCUT2D eigenvalue weighted by Gasteiger charge is -2.39. The van der Waals surface area contributed by atoms with Crippen molar-refractivity contribution in [2.45, 2.75) is 43.7 Å². The van der Waals surface area contributed by atoms with Crippen LogP contribution in [0.1, 0.15) is 48.6 Å². The number of benzene rings is 1. The SMILES string of the molecule is CN(C(=O)CNC(c1ccc(F)cc1)c1cccs1)C1(C#N)CCCCC1. The summed E-state index contributed by atoms with van der Waals surface area (Å²) in [4.78, 5) is 15.5. The lowest BCUT2D eigenvalue weighted by molar-refractivity contribution is -0.133. The van der Waals surface area contributed by atoms with Crippen LogP contribution in [0.3, 0.4) is 0 Å². The Morgan fingerprint density at radius 2 is 2.00 bits per heavy atom. The van der Waals surface area contributed by atoms with E-state index in [0.717, 1.165) is 42.5 Å². The van der Waals surface area contributed by atoms with Gasteiger partial charge < -0.3 is 4.90 Å². The van der Waals surface area contributed by atoms with E-state index in [2.05, 4.69) is 11.4 Å². The van der Waals surface area contributed by atoms with Gasteiger partial charge in [0.05, 0.1) is 18.7 Å². The molecule has 2 aromatic rings. The van der Waals surface area contributed by atoms with E-state index in [1.54, 1.807) is 35.4 Å². The first-order valence-electron chi connectivity index (χ1n) is 9.26. The second-order valence-corrected chi connectivity index (χ2v) is 8.02. The van der Waals surface area contributed by atoms with Gasteiger partial charge in [0.25, 0.3) is 0 Å². The van der Waals surface area contributed by atoms with Crippen molar-refractivity contribution in [2.24, 2.45) is 0 Å². The molecule has 6 heteroatoms. The predicted molar refractivity (Wildman–Crippen MR) is 105 cm³/mol. The molecule has 1 unspecified atom stereocenters. The van der Waals surface area contributed by atoms with E-state index in [1.807, 2.05) is 17.5 Å². The highest BCUT2D eigenvalue weighted by atomic mass is 32.1. The van der Waals surface area contributed by atoms with Gasteiger partial charge in [0.1, 0.15) is 11.4 Å². The molecule has 0 aliphatic heterocycles. The first-order chi connectivity index (χ1) is 13.1. The molecule has 4 nitrogen and oxygen atoms in total. The Morgan fingerprint density at radius 1 is 1.30 bits per heavy atom. The molecule has 1 aromatic carbocycles. The largest absolute Gasteiger partial charge is 0.326 e. The molecule has 1 aliphatic rings. The fraction of sp³-hybridized carbons (Fsp3) is 0.429. The molecule has 1 fully saturated rings. The summed E-state index contributed by atoms with van der Waals surface area (Å²) in [5.41, 5.74) is 0.215. The van der Waals surface area contributed by atoms with E-state index < -0.39 is 5.54 Å². The Labute approximate surface area is 163 Å². The van der Waals surface area contributed by atoms with E-state index in [4.69, 9.17) is 0 Å². The fourth-order valence-corrected chi connectivity index (χ4v) is 4.53. The van der Waals surface area contributed by atoms with Gasteiger partial charge in [-0.25, -0.2) is 4.39 Å². The van der Waals surface area contributed by atoms with E-state index in [-0.39, 0.29) is 24.3 Å². The summed E-state index contributed by atoms with van der Waals surface area (Å²) in [5.74, 6) is -0.380.